The molecule has 4 rings (SSSR count). The van der Waals surface area contributed by atoms with Gasteiger partial charge in [0.1, 0.15) is 17.4 Å². The molecule has 0 aromatic heterocycles. The number of carbonyl (C=O) groups excluding carboxylic acids is 1. The van der Waals surface area contributed by atoms with Gasteiger partial charge < -0.3 is 4.74 Å². The van der Waals surface area contributed by atoms with E-state index in [0.717, 1.165) is 0 Å². The average Bonchev–Trinajstić information content (AvgIpc) is 3.40. The van der Waals surface area contributed by atoms with E-state index in [9.17, 15) is 23.7 Å². The van der Waals surface area contributed by atoms with E-state index in [4.69, 9.17) is 4.74 Å². The SMILES string of the molecule is C[C@@]1(/C=C/C(=O)Oc2ccc([N+](=O)[O-])cc2)CC1(c1cccc(F)c1)c1cccc(F)c1. The summed E-state index contributed by atoms with van der Waals surface area (Å²) in [4.78, 5) is 22.5. The average molecular weight is 435 g/mol. The molecule has 0 saturated heterocycles. The molecule has 0 aliphatic heterocycles. The molecule has 1 saturated carbocycles. The minimum absolute atomic E-state index is 0.110. The molecule has 0 unspecified atom stereocenters. The molecule has 0 bridgehead atoms. The Balaban J connectivity index is 1.60. The third-order valence-corrected chi connectivity index (χ3v) is 5.97. The molecule has 0 radical (unpaired) electrons. The summed E-state index contributed by atoms with van der Waals surface area (Å²) < 4.78 is 33.2. The van der Waals surface area contributed by atoms with E-state index < -0.39 is 33.4 Å². The summed E-state index contributed by atoms with van der Waals surface area (Å²) in [5, 5.41) is 10.7. The molecule has 32 heavy (non-hydrogen) atoms. The van der Waals surface area contributed by atoms with Crippen LogP contribution >= 0.6 is 0 Å². The molecule has 0 N–H and O–H groups in total. The fraction of sp³-hybridized carbons (Fsp3) is 0.160. The van der Waals surface area contributed by atoms with Crippen LogP contribution in [0.4, 0.5) is 14.5 Å². The first-order valence-corrected chi connectivity index (χ1v) is 9.91. The third-order valence-electron chi connectivity index (χ3n) is 5.97. The number of non-ortho nitro benzene ring substituents is 1. The topological polar surface area (TPSA) is 69.4 Å². The second kappa shape index (κ2) is 8.00. The van der Waals surface area contributed by atoms with Gasteiger partial charge in [0.05, 0.1) is 4.92 Å². The maximum atomic E-state index is 14.0. The minimum atomic E-state index is -0.693. The largest absolute Gasteiger partial charge is 0.423 e. The molecular formula is C25H19F2NO4. The molecule has 3 aromatic rings. The van der Waals surface area contributed by atoms with E-state index in [-0.39, 0.29) is 11.4 Å². The van der Waals surface area contributed by atoms with E-state index in [1.54, 1.807) is 30.3 Å². The number of benzene rings is 3. The van der Waals surface area contributed by atoms with Crippen molar-refractivity contribution in [3.05, 3.63) is 118 Å². The molecular weight excluding hydrogens is 416 g/mol. The Hall–Kier alpha value is -3.87. The Morgan fingerprint density at radius 2 is 1.56 bits per heavy atom. The van der Waals surface area contributed by atoms with Crippen LogP contribution in [0.2, 0.25) is 0 Å². The highest BCUT2D eigenvalue weighted by molar-refractivity contribution is 5.84. The van der Waals surface area contributed by atoms with E-state index in [1.165, 1.54) is 54.6 Å². The number of ether oxygens (including phenoxy) is 1. The van der Waals surface area contributed by atoms with Crippen LogP contribution in [-0.4, -0.2) is 10.9 Å². The Labute approximate surface area is 183 Å². The van der Waals surface area contributed by atoms with E-state index in [0.29, 0.717) is 17.5 Å². The highest BCUT2D eigenvalue weighted by Crippen LogP contribution is 2.69. The first-order valence-electron chi connectivity index (χ1n) is 9.91. The number of rotatable bonds is 6. The van der Waals surface area contributed by atoms with Gasteiger partial charge >= 0.3 is 5.97 Å². The van der Waals surface area contributed by atoms with E-state index in [1.807, 2.05) is 6.92 Å². The maximum absolute atomic E-state index is 14.0. The molecule has 7 heteroatoms. The lowest BCUT2D eigenvalue weighted by Crippen LogP contribution is -2.18. The van der Waals surface area contributed by atoms with E-state index in [2.05, 4.69) is 0 Å². The quantitative estimate of drug-likeness (QED) is 0.163. The van der Waals surface area contributed by atoms with Gasteiger partial charge in [0.15, 0.2) is 0 Å². The normalized spacial score (nSPS) is 19.0. The number of nitro groups is 1. The van der Waals surface area contributed by atoms with Gasteiger partial charge in [-0.3, -0.25) is 10.1 Å². The number of carbonyl (C=O) groups is 1. The van der Waals surface area contributed by atoms with Gasteiger partial charge in [-0.2, -0.15) is 0 Å². The van der Waals surface area contributed by atoms with Crippen molar-refractivity contribution in [3.63, 3.8) is 0 Å². The number of hydrogen-bond acceptors (Lipinski definition) is 4. The van der Waals surface area contributed by atoms with Gasteiger partial charge in [0.25, 0.3) is 5.69 Å². The Morgan fingerprint density at radius 1 is 1.00 bits per heavy atom. The van der Waals surface area contributed by atoms with Gasteiger partial charge in [-0.25, -0.2) is 13.6 Å². The summed E-state index contributed by atoms with van der Waals surface area (Å²) in [5.74, 6) is -1.27. The molecule has 5 nitrogen and oxygen atoms in total. The van der Waals surface area contributed by atoms with Crippen LogP contribution in [-0.2, 0) is 10.2 Å². The van der Waals surface area contributed by atoms with Gasteiger partial charge in [0, 0.05) is 29.0 Å². The van der Waals surface area contributed by atoms with Crippen LogP contribution in [0.1, 0.15) is 24.5 Å². The van der Waals surface area contributed by atoms with Crippen LogP contribution in [0, 0.1) is 27.2 Å². The monoisotopic (exact) mass is 435 g/mol. The first kappa shape index (κ1) is 21.4. The van der Waals surface area contributed by atoms with Gasteiger partial charge in [-0.1, -0.05) is 37.3 Å². The number of nitrogens with zero attached hydrogens (tertiary/aromatic N) is 1. The lowest BCUT2D eigenvalue weighted by atomic mass is 9.80. The zero-order chi connectivity index (χ0) is 22.9. The van der Waals surface area contributed by atoms with Crippen LogP contribution in [0.5, 0.6) is 5.75 Å². The van der Waals surface area contributed by atoms with Gasteiger partial charge in [0.2, 0.25) is 0 Å². The summed E-state index contributed by atoms with van der Waals surface area (Å²) in [7, 11) is 0. The number of allylic oxidation sites excluding steroid dienone is 1. The Bertz CT molecular complexity index is 1180. The number of nitro benzene ring substituents is 1. The van der Waals surface area contributed by atoms with Crippen molar-refractivity contribution >= 4 is 11.7 Å². The number of hydrogen-bond donors (Lipinski definition) is 0. The fourth-order valence-corrected chi connectivity index (χ4v) is 4.28. The summed E-state index contributed by atoms with van der Waals surface area (Å²) in [6.07, 6.45) is 3.52. The molecule has 0 amide bonds. The van der Waals surface area contributed by atoms with Crippen LogP contribution < -0.4 is 4.74 Å². The molecule has 1 atom stereocenters. The molecule has 3 aromatic carbocycles. The molecule has 1 fully saturated rings. The lowest BCUT2D eigenvalue weighted by Gasteiger charge is -2.23. The van der Waals surface area contributed by atoms with Crippen LogP contribution in [0.15, 0.2) is 84.9 Å². The smallest absolute Gasteiger partial charge is 0.335 e. The van der Waals surface area contributed by atoms with Crippen molar-refractivity contribution in [2.75, 3.05) is 0 Å². The summed E-state index contributed by atoms with van der Waals surface area (Å²) >= 11 is 0. The standard InChI is InChI=1S/C25H19F2NO4/c1-24(13-12-23(29)32-22-10-8-21(9-11-22)28(30)31)16-25(24,17-4-2-6-19(26)14-17)18-5-3-7-20(27)15-18/h2-15H,16H2,1H3/b13-12+/t24-/m1/s1. The van der Waals surface area contributed by atoms with Crippen molar-refractivity contribution in [2.45, 2.75) is 18.8 Å². The fourth-order valence-electron chi connectivity index (χ4n) is 4.28. The zero-order valence-electron chi connectivity index (χ0n) is 17.1. The predicted molar refractivity (Wildman–Crippen MR) is 114 cm³/mol. The highest BCUT2D eigenvalue weighted by atomic mass is 19.1. The Kier molecular flexibility index (Phi) is 5.34. The molecule has 0 heterocycles. The van der Waals surface area contributed by atoms with Crippen molar-refractivity contribution in [2.24, 2.45) is 5.41 Å². The third kappa shape index (κ3) is 3.89. The van der Waals surface area contributed by atoms with E-state index >= 15 is 0 Å². The highest BCUT2D eigenvalue weighted by Gasteiger charge is 2.64. The van der Waals surface area contributed by atoms with Gasteiger partial charge in [-0.05, 0) is 53.9 Å². The van der Waals surface area contributed by atoms with Crippen molar-refractivity contribution in [1.29, 1.82) is 0 Å². The maximum Gasteiger partial charge on any atom is 0.335 e. The number of halogens is 2. The molecule has 1 aliphatic rings. The molecule has 0 spiro atoms. The van der Waals surface area contributed by atoms with Gasteiger partial charge in [-0.15, -0.1) is 0 Å². The molecule has 1 aliphatic carbocycles. The van der Waals surface area contributed by atoms with Crippen molar-refractivity contribution in [3.8, 4) is 5.75 Å². The summed E-state index contributed by atoms with van der Waals surface area (Å²) in [5.41, 5.74) is 0.00325. The first-order chi connectivity index (χ1) is 15.2. The second-order valence-corrected chi connectivity index (χ2v) is 8.03. The lowest BCUT2D eigenvalue weighted by molar-refractivity contribution is -0.384. The second-order valence-electron chi connectivity index (χ2n) is 8.03. The van der Waals surface area contributed by atoms with Crippen molar-refractivity contribution in [1.82, 2.24) is 0 Å². The minimum Gasteiger partial charge on any atom is -0.423 e. The van der Waals surface area contributed by atoms with Crippen molar-refractivity contribution < 1.29 is 23.2 Å². The zero-order valence-corrected chi connectivity index (χ0v) is 17.1. The Morgan fingerprint density at radius 3 is 2.06 bits per heavy atom. The summed E-state index contributed by atoms with van der Waals surface area (Å²) in [6.45, 7) is 1.92. The van der Waals surface area contributed by atoms with Crippen LogP contribution in [0.3, 0.4) is 0 Å². The predicted octanol–water partition coefficient (Wildman–Crippen LogP) is 5.73. The molecule has 162 valence electrons. The number of esters is 1. The van der Waals surface area contributed by atoms with Crippen LogP contribution in [0.25, 0.3) is 0 Å². The summed E-state index contributed by atoms with van der Waals surface area (Å²) in [6, 6.07) is 17.5.